The highest BCUT2D eigenvalue weighted by Crippen LogP contribution is 2.37. The Morgan fingerprint density at radius 2 is 1.79 bits per heavy atom. The van der Waals surface area contributed by atoms with Crippen molar-refractivity contribution in [3.05, 3.63) is 35.9 Å². The van der Waals surface area contributed by atoms with Crippen LogP contribution in [0.5, 0.6) is 0 Å². The van der Waals surface area contributed by atoms with Crippen molar-refractivity contribution in [3.8, 4) is 0 Å². The number of benzene rings is 1. The molecule has 1 aromatic rings. The van der Waals surface area contributed by atoms with Crippen LogP contribution < -0.4 is 0 Å². The van der Waals surface area contributed by atoms with E-state index in [1.54, 1.807) is 0 Å². The van der Waals surface area contributed by atoms with Gasteiger partial charge in [-0.3, -0.25) is 9.59 Å². The maximum absolute atomic E-state index is 11.7. The van der Waals surface area contributed by atoms with Crippen LogP contribution in [0.1, 0.15) is 32.3 Å². The molecule has 0 heterocycles. The lowest BCUT2D eigenvalue weighted by molar-refractivity contribution is -0.162. The maximum Gasteiger partial charge on any atom is 0.310 e. The van der Waals surface area contributed by atoms with E-state index in [2.05, 4.69) is 0 Å². The number of hydrogen-bond donors (Lipinski definition) is 2. The molecule has 0 amide bonds. The number of carbonyl (C=O) groups is 2. The van der Waals surface area contributed by atoms with Crippen molar-refractivity contribution in [2.24, 2.45) is 11.3 Å². The van der Waals surface area contributed by atoms with E-state index in [0.29, 0.717) is 12.8 Å². The molecule has 0 aliphatic heterocycles. The Balaban J connectivity index is 3.16. The van der Waals surface area contributed by atoms with Gasteiger partial charge in [-0.05, 0) is 18.4 Å². The van der Waals surface area contributed by atoms with Crippen LogP contribution in [0.25, 0.3) is 0 Å². The number of aliphatic carboxylic acids is 2. The summed E-state index contributed by atoms with van der Waals surface area (Å²) < 4.78 is 0. The topological polar surface area (TPSA) is 74.6 Å². The lowest BCUT2D eigenvalue weighted by Gasteiger charge is -2.33. The van der Waals surface area contributed by atoms with E-state index in [1.807, 2.05) is 37.3 Å². The van der Waals surface area contributed by atoms with Gasteiger partial charge in [0.25, 0.3) is 0 Å². The van der Waals surface area contributed by atoms with Crippen LogP contribution in [0.3, 0.4) is 0 Å². The van der Waals surface area contributed by atoms with Crippen molar-refractivity contribution in [1.29, 1.82) is 0 Å². The molecule has 0 aromatic heterocycles. The van der Waals surface area contributed by atoms with Crippen molar-refractivity contribution < 1.29 is 19.8 Å². The normalized spacial score (nSPS) is 15.5. The van der Waals surface area contributed by atoms with Crippen molar-refractivity contribution in [2.75, 3.05) is 0 Å². The molecular formula is C15H20O4. The molecule has 104 valence electrons. The van der Waals surface area contributed by atoms with Crippen LogP contribution in [0.4, 0.5) is 0 Å². The minimum atomic E-state index is -1.25. The molecule has 0 aliphatic carbocycles. The lowest BCUT2D eigenvalue weighted by atomic mass is 9.69. The fourth-order valence-electron chi connectivity index (χ4n) is 2.47. The summed E-state index contributed by atoms with van der Waals surface area (Å²) in [6, 6.07) is 9.19. The van der Waals surface area contributed by atoms with Gasteiger partial charge in [-0.25, -0.2) is 0 Å². The number of rotatable bonds is 7. The third-order valence-corrected chi connectivity index (χ3v) is 3.68. The molecule has 0 saturated heterocycles. The molecule has 0 fully saturated rings. The molecule has 2 unspecified atom stereocenters. The first-order chi connectivity index (χ1) is 8.94. The number of carboxylic acids is 2. The minimum absolute atomic E-state index is 0.241. The molecule has 2 N–H and O–H groups in total. The molecule has 4 heteroatoms. The monoisotopic (exact) mass is 264 g/mol. The largest absolute Gasteiger partial charge is 0.481 e. The van der Waals surface area contributed by atoms with Crippen LogP contribution >= 0.6 is 0 Å². The Morgan fingerprint density at radius 1 is 1.21 bits per heavy atom. The summed E-state index contributed by atoms with van der Waals surface area (Å²) >= 11 is 0. The summed E-state index contributed by atoms with van der Waals surface area (Å²) in [5.41, 5.74) is -0.395. The Labute approximate surface area is 113 Å². The Hall–Kier alpha value is -1.84. The zero-order chi connectivity index (χ0) is 14.5. The van der Waals surface area contributed by atoms with Gasteiger partial charge in [-0.1, -0.05) is 50.6 Å². The second-order valence-electron chi connectivity index (χ2n) is 4.93. The summed E-state index contributed by atoms with van der Waals surface area (Å²) in [5.74, 6) is -3.02. The van der Waals surface area contributed by atoms with Crippen LogP contribution in [-0.4, -0.2) is 22.2 Å². The molecular weight excluding hydrogens is 244 g/mol. The van der Waals surface area contributed by atoms with Gasteiger partial charge in [0.2, 0.25) is 0 Å². The smallest absolute Gasteiger partial charge is 0.310 e. The Bertz CT molecular complexity index is 441. The van der Waals surface area contributed by atoms with E-state index in [1.165, 1.54) is 6.92 Å². The summed E-state index contributed by atoms with van der Waals surface area (Å²) in [6.07, 6.45) is 1.23. The van der Waals surface area contributed by atoms with Crippen molar-refractivity contribution in [2.45, 2.75) is 33.1 Å². The second-order valence-corrected chi connectivity index (χ2v) is 4.93. The van der Waals surface area contributed by atoms with Gasteiger partial charge in [0.1, 0.15) is 0 Å². The minimum Gasteiger partial charge on any atom is -0.481 e. The van der Waals surface area contributed by atoms with Gasteiger partial charge in [-0.2, -0.15) is 0 Å². The van der Waals surface area contributed by atoms with Crippen LogP contribution in [0, 0.1) is 11.3 Å². The van der Waals surface area contributed by atoms with Crippen molar-refractivity contribution in [3.63, 3.8) is 0 Å². The van der Waals surface area contributed by atoms with Crippen molar-refractivity contribution in [1.82, 2.24) is 0 Å². The van der Waals surface area contributed by atoms with Crippen LogP contribution in [-0.2, 0) is 16.0 Å². The van der Waals surface area contributed by atoms with Crippen LogP contribution in [0.15, 0.2) is 30.3 Å². The van der Waals surface area contributed by atoms with Gasteiger partial charge < -0.3 is 10.2 Å². The first-order valence-corrected chi connectivity index (χ1v) is 6.44. The first kappa shape index (κ1) is 15.2. The molecule has 0 radical (unpaired) electrons. The summed E-state index contributed by atoms with van der Waals surface area (Å²) in [7, 11) is 0. The van der Waals surface area contributed by atoms with Gasteiger partial charge >= 0.3 is 11.9 Å². The van der Waals surface area contributed by atoms with E-state index >= 15 is 0 Å². The van der Waals surface area contributed by atoms with Gasteiger partial charge in [0, 0.05) is 0 Å². The molecule has 1 rings (SSSR count). The third kappa shape index (κ3) is 3.34. The zero-order valence-electron chi connectivity index (χ0n) is 11.3. The van der Waals surface area contributed by atoms with Gasteiger partial charge in [0.05, 0.1) is 11.3 Å². The Morgan fingerprint density at radius 3 is 2.21 bits per heavy atom. The fourth-order valence-corrected chi connectivity index (χ4v) is 2.47. The highest BCUT2D eigenvalue weighted by Gasteiger charge is 2.46. The molecule has 0 aliphatic rings. The summed E-state index contributed by atoms with van der Waals surface area (Å²) in [5, 5.41) is 18.8. The molecule has 2 atom stereocenters. The molecule has 0 bridgehead atoms. The number of carboxylic acid groups (broad SMARTS) is 2. The Kier molecular flexibility index (Phi) is 5.10. The first-order valence-electron chi connectivity index (χ1n) is 6.44. The average Bonchev–Trinajstić information content (AvgIpc) is 2.38. The highest BCUT2D eigenvalue weighted by molar-refractivity contribution is 5.83. The molecule has 19 heavy (non-hydrogen) atoms. The van der Waals surface area contributed by atoms with Gasteiger partial charge in [-0.15, -0.1) is 0 Å². The second kappa shape index (κ2) is 6.36. The number of hydrogen-bond acceptors (Lipinski definition) is 2. The summed E-state index contributed by atoms with van der Waals surface area (Å²) in [4.78, 5) is 23.0. The molecule has 0 spiro atoms. The van der Waals surface area contributed by atoms with Crippen LogP contribution in [0.2, 0.25) is 0 Å². The van der Waals surface area contributed by atoms with E-state index in [-0.39, 0.29) is 6.42 Å². The predicted octanol–water partition coefficient (Wildman–Crippen LogP) is 2.82. The van der Waals surface area contributed by atoms with Crippen molar-refractivity contribution >= 4 is 11.9 Å². The maximum atomic E-state index is 11.7. The fraction of sp³-hybridized carbons (Fsp3) is 0.467. The SMILES string of the molecule is CCCC(Cc1ccccc1)(C(=O)O)C(C)C(=O)O. The standard InChI is InChI=1S/C15H20O4/c1-3-9-15(14(18)19,11(2)13(16)17)10-12-7-5-4-6-8-12/h4-8,11H,3,9-10H2,1-2H3,(H,16,17)(H,18,19). The van der Waals surface area contributed by atoms with E-state index in [0.717, 1.165) is 5.56 Å². The lowest BCUT2D eigenvalue weighted by Crippen LogP contribution is -2.43. The third-order valence-electron chi connectivity index (χ3n) is 3.68. The zero-order valence-corrected chi connectivity index (χ0v) is 11.3. The highest BCUT2D eigenvalue weighted by atomic mass is 16.4. The van der Waals surface area contributed by atoms with E-state index in [4.69, 9.17) is 0 Å². The quantitative estimate of drug-likeness (QED) is 0.794. The van der Waals surface area contributed by atoms with E-state index in [9.17, 15) is 19.8 Å². The van der Waals surface area contributed by atoms with E-state index < -0.39 is 23.3 Å². The molecule has 1 aromatic carbocycles. The van der Waals surface area contributed by atoms with Gasteiger partial charge in [0.15, 0.2) is 0 Å². The molecule has 0 saturated carbocycles. The predicted molar refractivity (Wildman–Crippen MR) is 71.9 cm³/mol. The molecule has 4 nitrogen and oxygen atoms in total. The average molecular weight is 264 g/mol. The summed E-state index contributed by atoms with van der Waals surface area (Å²) in [6.45, 7) is 3.35.